The number of anilines is 1. The fraction of sp³-hybridized carbons (Fsp3) is 0.167. The highest BCUT2D eigenvalue weighted by Crippen LogP contribution is 2.45. The van der Waals surface area contributed by atoms with Gasteiger partial charge in [-0.3, -0.25) is 14.5 Å². The Balaban J connectivity index is 1.97. The number of ether oxygens (including phenoxy) is 1. The van der Waals surface area contributed by atoms with Crippen LogP contribution in [0.2, 0.25) is 0 Å². The van der Waals surface area contributed by atoms with Crippen LogP contribution in [0.15, 0.2) is 59.5 Å². The summed E-state index contributed by atoms with van der Waals surface area (Å²) in [5.41, 5.74) is 2.36. The van der Waals surface area contributed by atoms with Crippen LogP contribution in [0.1, 0.15) is 27.6 Å². The number of nitrogens with zero attached hydrogens (tertiary/aromatic N) is 1. The van der Waals surface area contributed by atoms with Crippen molar-refractivity contribution in [1.82, 2.24) is 0 Å². The second kappa shape index (κ2) is 8.00. The Bertz CT molecular complexity index is 1200. The van der Waals surface area contributed by atoms with E-state index in [0.717, 1.165) is 11.1 Å². The van der Waals surface area contributed by atoms with Crippen LogP contribution in [0, 0.1) is 19.7 Å². The number of aryl methyl sites for hydroxylation is 2. The van der Waals surface area contributed by atoms with Crippen LogP contribution < -0.4 is 9.64 Å². The molecule has 0 radical (unpaired) electrons. The van der Waals surface area contributed by atoms with E-state index in [4.69, 9.17) is 4.74 Å². The van der Waals surface area contributed by atoms with Crippen molar-refractivity contribution in [2.24, 2.45) is 0 Å². The van der Waals surface area contributed by atoms with Gasteiger partial charge in [0.2, 0.25) is 0 Å². The van der Waals surface area contributed by atoms with Crippen LogP contribution in [-0.4, -0.2) is 23.9 Å². The fourth-order valence-corrected chi connectivity index (χ4v) is 4.79. The molecule has 1 fully saturated rings. The van der Waals surface area contributed by atoms with Gasteiger partial charge in [0, 0.05) is 10.6 Å². The molecule has 1 aliphatic rings. The molecule has 7 heteroatoms. The average molecular weight is 437 g/mol. The minimum absolute atomic E-state index is 0.0277. The highest BCUT2D eigenvalue weighted by atomic mass is 32.1. The maximum atomic E-state index is 13.5. The third-order valence-electron chi connectivity index (χ3n) is 5.24. The summed E-state index contributed by atoms with van der Waals surface area (Å²) in [6.45, 7) is 3.72. The summed E-state index contributed by atoms with van der Waals surface area (Å²) in [5, 5.41) is 13.1. The molecule has 158 valence electrons. The topological polar surface area (TPSA) is 66.8 Å². The molecule has 2 heterocycles. The summed E-state index contributed by atoms with van der Waals surface area (Å²) in [6.07, 6.45) is 0. The van der Waals surface area contributed by atoms with Crippen LogP contribution in [0.4, 0.5) is 10.1 Å². The van der Waals surface area contributed by atoms with Gasteiger partial charge in [0.25, 0.3) is 11.7 Å². The lowest BCUT2D eigenvalue weighted by atomic mass is 9.96. The summed E-state index contributed by atoms with van der Waals surface area (Å²) in [7, 11) is 1.49. The van der Waals surface area contributed by atoms with Gasteiger partial charge in [0.05, 0.1) is 18.2 Å². The van der Waals surface area contributed by atoms with Crippen molar-refractivity contribution in [3.8, 4) is 5.75 Å². The Morgan fingerprint density at radius 2 is 1.84 bits per heavy atom. The first-order chi connectivity index (χ1) is 14.8. The number of halogens is 1. The lowest BCUT2D eigenvalue weighted by Crippen LogP contribution is -2.29. The molecule has 1 aliphatic heterocycles. The van der Waals surface area contributed by atoms with Crippen LogP contribution >= 0.6 is 11.3 Å². The van der Waals surface area contributed by atoms with E-state index in [0.29, 0.717) is 21.9 Å². The number of hydrogen-bond donors (Lipinski definition) is 1. The highest BCUT2D eigenvalue weighted by molar-refractivity contribution is 7.10. The first kappa shape index (κ1) is 20.8. The first-order valence-corrected chi connectivity index (χ1v) is 10.5. The lowest BCUT2D eigenvalue weighted by molar-refractivity contribution is -0.132. The number of Topliss-reactive ketones (excluding diaryl/α,β-unsaturated/α-hetero) is 1. The molecule has 0 aliphatic carbocycles. The molecular weight excluding hydrogens is 417 g/mol. The maximum Gasteiger partial charge on any atom is 0.300 e. The molecule has 0 spiro atoms. The number of amides is 1. The van der Waals surface area contributed by atoms with E-state index < -0.39 is 23.5 Å². The maximum absolute atomic E-state index is 13.5. The third kappa shape index (κ3) is 3.51. The minimum Gasteiger partial charge on any atom is -0.507 e. The van der Waals surface area contributed by atoms with Gasteiger partial charge in [0.15, 0.2) is 0 Å². The van der Waals surface area contributed by atoms with Gasteiger partial charge >= 0.3 is 0 Å². The Kier molecular flexibility index (Phi) is 5.37. The number of carbonyl (C=O) groups excluding carboxylic acids is 2. The van der Waals surface area contributed by atoms with Crippen molar-refractivity contribution in [3.63, 3.8) is 0 Å². The second-order valence-electron chi connectivity index (χ2n) is 7.32. The Hall–Kier alpha value is -3.45. The van der Waals surface area contributed by atoms with Crippen LogP contribution in [0.25, 0.3) is 5.76 Å². The molecule has 1 saturated heterocycles. The van der Waals surface area contributed by atoms with E-state index in [1.807, 2.05) is 31.4 Å². The summed E-state index contributed by atoms with van der Waals surface area (Å²) < 4.78 is 19.0. The molecular formula is C24H20FNO4S. The molecule has 1 atom stereocenters. The molecule has 1 N–H and O–H groups in total. The average Bonchev–Trinajstić information content (AvgIpc) is 3.35. The van der Waals surface area contributed by atoms with Crippen LogP contribution in [0.3, 0.4) is 0 Å². The standard InChI is InChI=1S/C24H20FNO4S/c1-13-11-14(2)23(30-3)17(12-13)21(27)19-20(18-5-4-10-31-18)26(24(29)22(19)28)16-8-6-15(25)7-9-16/h4-12,20,27H,1-3H3/b21-19-. The van der Waals surface area contributed by atoms with E-state index in [9.17, 15) is 19.1 Å². The smallest absolute Gasteiger partial charge is 0.300 e. The van der Waals surface area contributed by atoms with Gasteiger partial charge in [-0.2, -0.15) is 0 Å². The number of aliphatic hydroxyl groups excluding tert-OH is 1. The summed E-state index contributed by atoms with van der Waals surface area (Å²) >= 11 is 1.36. The predicted molar refractivity (Wildman–Crippen MR) is 118 cm³/mol. The molecule has 0 saturated carbocycles. The molecule has 2 aromatic carbocycles. The molecule has 5 nitrogen and oxygen atoms in total. The van der Waals surface area contributed by atoms with Gasteiger partial charge in [-0.1, -0.05) is 12.1 Å². The van der Waals surface area contributed by atoms with Crippen molar-refractivity contribution in [1.29, 1.82) is 0 Å². The number of ketones is 1. The van der Waals surface area contributed by atoms with Gasteiger partial charge in [-0.05, 0) is 66.8 Å². The van der Waals surface area contributed by atoms with E-state index in [-0.39, 0.29) is 11.3 Å². The summed E-state index contributed by atoms with van der Waals surface area (Å²) in [4.78, 5) is 28.2. The molecule has 4 rings (SSSR count). The Morgan fingerprint density at radius 1 is 1.13 bits per heavy atom. The third-order valence-corrected chi connectivity index (χ3v) is 6.16. The van der Waals surface area contributed by atoms with E-state index in [1.54, 1.807) is 12.1 Å². The fourth-order valence-electron chi connectivity index (χ4n) is 3.96. The van der Waals surface area contributed by atoms with Crippen molar-refractivity contribution >= 4 is 34.5 Å². The first-order valence-electron chi connectivity index (χ1n) is 9.59. The van der Waals surface area contributed by atoms with Gasteiger partial charge in [-0.25, -0.2) is 4.39 Å². The molecule has 1 unspecified atom stereocenters. The molecule has 31 heavy (non-hydrogen) atoms. The minimum atomic E-state index is -0.837. The molecule has 3 aromatic rings. The summed E-state index contributed by atoms with van der Waals surface area (Å²) in [6, 6.07) is 11.7. The zero-order valence-electron chi connectivity index (χ0n) is 17.2. The quantitative estimate of drug-likeness (QED) is 0.349. The van der Waals surface area contributed by atoms with E-state index in [1.165, 1.54) is 47.6 Å². The highest BCUT2D eigenvalue weighted by Gasteiger charge is 2.47. The van der Waals surface area contributed by atoms with E-state index >= 15 is 0 Å². The Labute approximate surface area is 183 Å². The van der Waals surface area contributed by atoms with Crippen molar-refractivity contribution in [2.45, 2.75) is 19.9 Å². The Morgan fingerprint density at radius 3 is 2.45 bits per heavy atom. The SMILES string of the molecule is COc1c(C)cc(C)cc1/C(O)=C1/C(=O)C(=O)N(c2ccc(F)cc2)C1c1cccs1. The van der Waals surface area contributed by atoms with Crippen LogP contribution in [-0.2, 0) is 9.59 Å². The monoisotopic (exact) mass is 437 g/mol. The number of carbonyl (C=O) groups is 2. The van der Waals surface area contributed by atoms with Crippen molar-refractivity contribution in [2.75, 3.05) is 12.0 Å². The van der Waals surface area contributed by atoms with Crippen molar-refractivity contribution in [3.05, 3.63) is 86.9 Å². The normalized spacial score (nSPS) is 17.9. The number of thiophene rings is 1. The number of benzene rings is 2. The molecule has 1 amide bonds. The number of methoxy groups -OCH3 is 1. The lowest BCUT2D eigenvalue weighted by Gasteiger charge is -2.24. The predicted octanol–water partition coefficient (Wildman–Crippen LogP) is 5.14. The zero-order valence-corrected chi connectivity index (χ0v) is 18.0. The molecule has 1 aromatic heterocycles. The molecule has 0 bridgehead atoms. The van der Waals surface area contributed by atoms with Gasteiger partial charge < -0.3 is 9.84 Å². The van der Waals surface area contributed by atoms with Crippen LogP contribution in [0.5, 0.6) is 5.75 Å². The number of rotatable bonds is 4. The summed E-state index contributed by atoms with van der Waals surface area (Å²) in [5.74, 6) is -1.91. The van der Waals surface area contributed by atoms with Gasteiger partial charge in [-0.15, -0.1) is 11.3 Å². The largest absolute Gasteiger partial charge is 0.507 e. The number of aliphatic hydroxyl groups is 1. The zero-order chi connectivity index (χ0) is 22.3. The van der Waals surface area contributed by atoms with E-state index in [2.05, 4.69) is 0 Å². The van der Waals surface area contributed by atoms with Gasteiger partial charge in [0.1, 0.15) is 23.4 Å². The van der Waals surface area contributed by atoms with Crippen molar-refractivity contribution < 1.29 is 23.8 Å². The number of hydrogen-bond acceptors (Lipinski definition) is 5. The second-order valence-corrected chi connectivity index (χ2v) is 8.30.